The molecular formula is C20H27N3O2. The normalized spacial score (nSPS) is 12.5. The molecule has 134 valence electrons. The smallest absolute Gasteiger partial charge is 0.191 e. The largest absolute Gasteiger partial charge is 0.494 e. The first-order chi connectivity index (χ1) is 12.3. The van der Waals surface area contributed by atoms with Gasteiger partial charge >= 0.3 is 0 Å². The van der Waals surface area contributed by atoms with Crippen molar-refractivity contribution in [2.24, 2.45) is 4.99 Å². The fourth-order valence-corrected chi connectivity index (χ4v) is 2.54. The summed E-state index contributed by atoms with van der Waals surface area (Å²) in [6, 6.07) is 18.2. The minimum absolute atomic E-state index is 0.0320. The maximum atomic E-state index is 5.66. The molecule has 2 rings (SSSR count). The molecule has 0 bridgehead atoms. The van der Waals surface area contributed by atoms with Crippen molar-refractivity contribution in [3.63, 3.8) is 0 Å². The van der Waals surface area contributed by atoms with Gasteiger partial charge in [-0.3, -0.25) is 4.99 Å². The highest BCUT2D eigenvalue weighted by Crippen LogP contribution is 2.17. The van der Waals surface area contributed by atoms with Crippen molar-refractivity contribution < 1.29 is 9.47 Å². The first-order valence-electron chi connectivity index (χ1n) is 8.51. The zero-order valence-electron chi connectivity index (χ0n) is 15.2. The van der Waals surface area contributed by atoms with Crippen molar-refractivity contribution in [3.8, 4) is 5.75 Å². The van der Waals surface area contributed by atoms with Gasteiger partial charge in [-0.1, -0.05) is 48.5 Å². The second-order valence-corrected chi connectivity index (χ2v) is 5.48. The number of methoxy groups -OCH3 is 1. The van der Waals surface area contributed by atoms with E-state index in [4.69, 9.17) is 9.47 Å². The molecule has 0 aromatic heterocycles. The summed E-state index contributed by atoms with van der Waals surface area (Å²) in [4.78, 5) is 4.28. The van der Waals surface area contributed by atoms with E-state index in [0.29, 0.717) is 19.7 Å². The maximum absolute atomic E-state index is 5.66. The van der Waals surface area contributed by atoms with Gasteiger partial charge in [-0.2, -0.15) is 0 Å². The number of nitrogens with one attached hydrogen (secondary N) is 2. The zero-order chi connectivity index (χ0) is 17.9. The Morgan fingerprint density at radius 1 is 1.04 bits per heavy atom. The van der Waals surface area contributed by atoms with Gasteiger partial charge in [0.2, 0.25) is 0 Å². The summed E-state index contributed by atoms with van der Waals surface area (Å²) < 4.78 is 11.2. The molecule has 25 heavy (non-hydrogen) atoms. The fraction of sp³-hybridized carbons (Fsp3) is 0.350. The van der Waals surface area contributed by atoms with Gasteiger partial charge in [-0.05, 0) is 18.6 Å². The number of rotatable bonds is 8. The van der Waals surface area contributed by atoms with Crippen LogP contribution < -0.4 is 15.4 Å². The Kier molecular flexibility index (Phi) is 7.79. The van der Waals surface area contributed by atoms with E-state index in [1.165, 1.54) is 0 Å². The van der Waals surface area contributed by atoms with Crippen LogP contribution in [0, 0.1) is 0 Å². The van der Waals surface area contributed by atoms with E-state index in [9.17, 15) is 0 Å². The number of ether oxygens (including phenoxy) is 2. The van der Waals surface area contributed by atoms with Crippen molar-refractivity contribution in [1.82, 2.24) is 10.6 Å². The average Bonchev–Trinajstić information content (AvgIpc) is 2.67. The Morgan fingerprint density at radius 3 is 2.44 bits per heavy atom. The third-order valence-corrected chi connectivity index (χ3v) is 3.85. The molecule has 0 heterocycles. The molecule has 0 aliphatic carbocycles. The van der Waals surface area contributed by atoms with Crippen molar-refractivity contribution in [1.29, 1.82) is 0 Å². The number of para-hydroxylation sites is 1. The Balaban J connectivity index is 1.91. The van der Waals surface area contributed by atoms with E-state index in [2.05, 4.69) is 27.8 Å². The zero-order valence-corrected chi connectivity index (χ0v) is 15.2. The van der Waals surface area contributed by atoms with Crippen LogP contribution in [0.25, 0.3) is 0 Å². The van der Waals surface area contributed by atoms with Crippen LogP contribution in [0.2, 0.25) is 0 Å². The van der Waals surface area contributed by atoms with Crippen molar-refractivity contribution in [2.75, 3.05) is 27.3 Å². The molecule has 5 heteroatoms. The molecule has 2 N–H and O–H groups in total. The number of hydrogen-bond donors (Lipinski definition) is 2. The Labute approximate surface area is 150 Å². The lowest BCUT2D eigenvalue weighted by atomic mass is 10.1. The molecule has 0 spiro atoms. The van der Waals surface area contributed by atoms with Crippen LogP contribution in [0.5, 0.6) is 5.75 Å². The predicted molar refractivity (Wildman–Crippen MR) is 102 cm³/mol. The maximum Gasteiger partial charge on any atom is 0.191 e. The van der Waals surface area contributed by atoms with E-state index < -0.39 is 0 Å². The molecular weight excluding hydrogens is 314 g/mol. The van der Waals surface area contributed by atoms with Crippen LogP contribution in [-0.2, 0) is 11.3 Å². The first kappa shape index (κ1) is 18.8. The molecule has 0 saturated heterocycles. The van der Waals surface area contributed by atoms with E-state index in [-0.39, 0.29) is 6.10 Å². The van der Waals surface area contributed by atoms with Crippen LogP contribution in [0.4, 0.5) is 0 Å². The molecule has 1 unspecified atom stereocenters. The van der Waals surface area contributed by atoms with Gasteiger partial charge in [-0.15, -0.1) is 0 Å². The van der Waals surface area contributed by atoms with Gasteiger partial charge in [0.25, 0.3) is 0 Å². The number of benzene rings is 2. The average molecular weight is 341 g/mol. The molecule has 1 atom stereocenters. The Morgan fingerprint density at radius 2 is 1.76 bits per heavy atom. The summed E-state index contributed by atoms with van der Waals surface area (Å²) >= 11 is 0. The Bertz CT molecular complexity index is 659. The molecule has 0 radical (unpaired) electrons. The van der Waals surface area contributed by atoms with Crippen molar-refractivity contribution in [2.45, 2.75) is 19.6 Å². The van der Waals surface area contributed by atoms with Gasteiger partial charge < -0.3 is 20.1 Å². The summed E-state index contributed by atoms with van der Waals surface area (Å²) in [6.45, 7) is 3.90. The lowest BCUT2D eigenvalue weighted by Gasteiger charge is -2.19. The third kappa shape index (κ3) is 5.80. The lowest BCUT2D eigenvalue weighted by molar-refractivity contribution is 0.106. The monoisotopic (exact) mass is 341 g/mol. The van der Waals surface area contributed by atoms with Gasteiger partial charge in [-0.25, -0.2) is 0 Å². The fourth-order valence-electron chi connectivity index (χ4n) is 2.54. The van der Waals surface area contributed by atoms with Crippen LogP contribution in [0.15, 0.2) is 59.6 Å². The van der Waals surface area contributed by atoms with Gasteiger partial charge in [0, 0.05) is 32.8 Å². The molecule has 2 aromatic rings. The topological polar surface area (TPSA) is 54.9 Å². The van der Waals surface area contributed by atoms with E-state index in [1.54, 1.807) is 14.2 Å². The highest BCUT2D eigenvalue weighted by atomic mass is 16.5. The summed E-state index contributed by atoms with van der Waals surface area (Å²) in [7, 11) is 3.47. The lowest BCUT2D eigenvalue weighted by Crippen LogP contribution is -2.39. The van der Waals surface area contributed by atoms with Gasteiger partial charge in [0.05, 0.1) is 12.7 Å². The van der Waals surface area contributed by atoms with E-state index in [0.717, 1.165) is 22.8 Å². The molecule has 0 fully saturated rings. The van der Waals surface area contributed by atoms with Crippen LogP contribution >= 0.6 is 0 Å². The summed E-state index contributed by atoms with van der Waals surface area (Å²) in [5.74, 6) is 1.62. The highest BCUT2D eigenvalue weighted by Gasteiger charge is 2.11. The number of guanidine groups is 1. The first-order valence-corrected chi connectivity index (χ1v) is 8.51. The van der Waals surface area contributed by atoms with Crippen molar-refractivity contribution in [3.05, 3.63) is 65.7 Å². The van der Waals surface area contributed by atoms with Crippen molar-refractivity contribution >= 4 is 5.96 Å². The second kappa shape index (κ2) is 10.4. The molecule has 5 nitrogen and oxygen atoms in total. The van der Waals surface area contributed by atoms with Crippen LogP contribution in [-0.4, -0.2) is 33.3 Å². The predicted octanol–water partition coefficient (Wildman–Crippen LogP) is 3.14. The molecule has 0 amide bonds. The second-order valence-electron chi connectivity index (χ2n) is 5.48. The van der Waals surface area contributed by atoms with Gasteiger partial charge in [0.1, 0.15) is 5.75 Å². The van der Waals surface area contributed by atoms with Crippen LogP contribution in [0.1, 0.15) is 24.2 Å². The minimum Gasteiger partial charge on any atom is -0.494 e. The quantitative estimate of drug-likeness (QED) is 0.572. The van der Waals surface area contributed by atoms with Crippen LogP contribution in [0.3, 0.4) is 0 Å². The standard InChI is InChI=1S/C20H27N3O2/c1-4-25-18-13-9-8-12-17(18)14-22-20(21-2)23-15-19(24-3)16-10-6-5-7-11-16/h5-13,19H,4,14-15H2,1-3H3,(H2,21,22,23). The van der Waals surface area contributed by atoms with E-state index >= 15 is 0 Å². The summed E-state index contributed by atoms with van der Waals surface area (Å²) in [6.07, 6.45) is -0.0320. The number of nitrogens with zero attached hydrogens (tertiary/aromatic N) is 1. The van der Waals surface area contributed by atoms with E-state index in [1.807, 2.05) is 49.4 Å². The highest BCUT2D eigenvalue weighted by molar-refractivity contribution is 5.79. The molecule has 0 aliphatic heterocycles. The number of hydrogen-bond acceptors (Lipinski definition) is 3. The summed E-state index contributed by atoms with van der Waals surface area (Å²) in [5, 5.41) is 6.63. The molecule has 0 saturated carbocycles. The molecule has 0 aliphatic rings. The minimum atomic E-state index is -0.0320. The third-order valence-electron chi connectivity index (χ3n) is 3.85. The van der Waals surface area contributed by atoms with Gasteiger partial charge in [0.15, 0.2) is 5.96 Å². The SMILES string of the molecule is CCOc1ccccc1CNC(=NC)NCC(OC)c1ccccc1. The number of aliphatic imine (C=N–C) groups is 1. The molecule has 2 aromatic carbocycles. The Hall–Kier alpha value is -2.53. The summed E-state index contributed by atoms with van der Waals surface area (Å²) in [5.41, 5.74) is 2.23.